The molecule has 152 valence electrons. The van der Waals surface area contributed by atoms with E-state index in [1.807, 2.05) is 19.1 Å². The number of halogens is 1. The van der Waals surface area contributed by atoms with Crippen molar-refractivity contribution in [3.05, 3.63) is 69.9 Å². The van der Waals surface area contributed by atoms with Crippen molar-refractivity contribution < 1.29 is 9.21 Å². The van der Waals surface area contributed by atoms with E-state index in [4.69, 9.17) is 16.0 Å². The zero-order chi connectivity index (χ0) is 20.4. The first-order chi connectivity index (χ1) is 14.0. The molecule has 0 saturated carbocycles. The maximum Gasteiger partial charge on any atom is 0.287 e. The summed E-state index contributed by atoms with van der Waals surface area (Å²) in [6.07, 6.45) is 3.70. The van der Waals surface area contributed by atoms with Gasteiger partial charge in [0.25, 0.3) is 5.91 Å². The summed E-state index contributed by atoms with van der Waals surface area (Å²) in [5.41, 5.74) is 3.99. The summed E-state index contributed by atoms with van der Waals surface area (Å²) in [5.74, 6) is 0.188. The van der Waals surface area contributed by atoms with Gasteiger partial charge in [0, 0.05) is 22.5 Å². The maximum absolute atomic E-state index is 12.9. The van der Waals surface area contributed by atoms with E-state index in [1.165, 1.54) is 30.4 Å². The molecule has 0 aliphatic carbocycles. The number of piperidine rings is 1. The summed E-state index contributed by atoms with van der Waals surface area (Å²) >= 11 is 6.10. The Kier molecular flexibility index (Phi) is 5.93. The van der Waals surface area contributed by atoms with E-state index in [1.54, 1.807) is 6.07 Å². The fourth-order valence-electron chi connectivity index (χ4n) is 4.16. The number of benzene rings is 2. The van der Waals surface area contributed by atoms with Crippen molar-refractivity contribution in [3.8, 4) is 0 Å². The van der Waals surface area contributed by atoms with E-state index in [0.29, 0.717) is 22.9 Å². The predicted octanol–water partition coefficient (Wildman–Crippen LogP) is 5.66. The van der Waals surface area contributed by atoms with Crippen LogP contribution in [0.4, 0.5) is 0 Å². The molecule has 3 aromatic rings. The summed E-state index contributed by atoms with van der Waals surface area (Å²) in [7, 11) is 0. The first kappa shape index (κ1) is 20.0. The molecule has 1 atom stereocenters. The molecule has 1 N–H and O–H groups in total. The van der Waals surface area contributed by atoms with Gasteiger partial charge in [0.05, 0.1) is 6.04 Å². The number of nitrogens with zero attached hydrogens (tertiary/aromatic N) is 1. The molecule has 1 aliphatic heterocycles. The smallest absolute Gasteiger partial charge is 0.287 e. The third-order valence-electron chi connectivity index (χ3n) is 5.85. The molecule has 5 heteroatoms. The maximum atomic E-state index is 12.9. The fourth-order valence-corrected chi connectivity index (χ4v) is 4.33. The number of carbonyl (C=O) groups is 1. The molecule has 0 spiro atoms. The first-order valence-electron chi connectivity index (χ1n) is 10.3. The zero-order valence-electron chi connectivity index (χ0n) is 17.0. The molecule has 0 radical (unpaired) electrons. The number of hydrogen-bond donors (Lipinski definition) is 1. The molecule has 4 rings (SSSR count). The van der Waals surface area contributed by atoms with Crippen LogP contribution in [-0.4, -0.2) is 30.4 Å². The van der Waals surface area contributed by atoms with Crippen LogP contribution in [0.25, 0.3) is 11.0 Å². The van der Waals surface area contributed by atoms with Crippen molar-refractivity contribution in [2.45, 2.75) is 39.2 Å². The lowest BCUT2D eigenvalue weighted by atomic mass is 10.0. The Morgan fingerprint density at radius 3 is 2.55 bits per heavy atom. The lowest BCUT2D eigenvalue weighted by Gasteiger charge is -2.35. The number of likely N-dealkylation sites (tertiary alicyclic amines) is 1. The predicted molar refractivity (Wildman–Crippen MR) is 118 cm³/mol. The lowest BCUT2D eigenvalue weighted by Crippen LogP contribution is -2.40. The number of furan rings is 1. The highest BCUT2D eigenvalue weighted by molar-refractivity contribution is 6.31. The van der Waals surface area contributed by atoms with E-state index >= 15 is 0 Å². The van der Waals surface area contributed by atoms with Crippen LogP contribution in [0.15, 0.2) is 46.9 Å². The second-order valence-corrected chi connectivity index (χ2v) is 8.37. The van der Waals surface area contributed by atoms with Crippen LogP contribution >= 0.6 is 11.6 Å². The number of aryl methyl sites for hydroxylation is 2. The average molecular weight is 411 g/mol. The molecule has 1 amide bonds. The SMILES string of the molecule is Cc1ccc([C@H](CNC(=O)c2oc3ccc(Cl)cc3c2C)N2CCCCC2)cc1. The van der Waals surface area contributed by atoms with Gasteiger partial charge in [-0.3, -0.25) is 9.69 Å². The van der Waals surface area contributed by atoms with Crippen molar-refractivity contribution in [3.63, 3.8) is 0 Å². The van der Waals surface area contributed by atoms with Crippen molar-refractivity contribution >= 4 is 28.5 Å². The zero-order valence-corrected chi connectivity index (χ0v) is 17.8. The molecule has 1 fully saturated rings. The number of rotatable bonds is 5. The van der Waals surface area contributed by atoms with Crippen LogP contribution in [-0.2, 0) is 0 Å². The Hall–Kier alpha value is -2.30. The second kappa shape index (κ2) is 8.60. The van der Waals surface area contributed by atoms with Crippen molar-refractivity contribution in [1.82, 2.24) is 10.2 Å². The summed E-state index contributed by atoms with van der Waals surface area (Å²) in [5, 5.41) is 4.64. The number of nitrogens with one attached hydrogen (secondary N) is 1. The molecule has 1 saturated heterocycles. The summed E-state index contributed by atoms with van der Waals surface area (Å²) in [6.45, 7) is 6.68. The van der Waals surface area contributed by atoms with E-state index in [-0.39, 0.29) is 11.9 Å². The number of fused-ring (bicyclic) bond motifs is 1. The Balaban J connectivity index is 1.54. The van der Waals surface area contributed by atoms with E-state index in [9.17, 15) is 4.79 Å². The van der Waals surface area contributed by atoms with Crippen molar-refractivity contribution in [2.75, 3.05) is 19.6 Å². The Labute approximate surface area is 176 Å². The van der Waals surface area contributed by atoms with Crippen molar-refractivity contribution in [2.24, 2.45) is 0 Å². The van der Waals surface area contributed by atoms with Crippen LogP contribution in [0, 0.1) is 13.8 Å². The van der Waals surface area contributed by atoms with Gasteiger partial charge in [-0.1, -0.05) is 47.9 Å². The lowest BCUT2D eigenvalue weighted by molar-refractivity contribution is 0.0898. The normalized spacial score (nSPS) is 16.1. The van der Waals surface area contributed by atoms with Gasteiger partial charge in [0.1, 0.15) is 5.58 Å². The Morgan fingerprint density at radius 1 is 1.10 bits per heavy atom. The molecular weight excluding hydrogens is 384 g/mol. The van der Waals surface area contributed by atoms with Gasteiger partial charge >= 0.3 is 0 Å². The molecule has 29 heavy (non-hydrogen) atoms. The summed E-state index contributed by atoms with van der Waals surface area (Å²) < 4.78 is 5.83. The minimum absolute atomic E-state index is 0.166. The van der Waals surface area contributed by atoms with Crippen LogP contribution in [0.3, 0.4) is 0 Å². The third kappa shape index (κ3) is 4.34. The van der Waals surface area contributed by atoms with Gasteiger partial charge in [-0.25, -0.2) is 0 Å². The third-order valence-corrected chi connectivity index (χ3v) is 6.09. The number of carbonyl (C=O) groups excluding carboxylic acids is 1. The second-order valence-electron chi connectivity index (χ2n) is 7.93. The number of amides is 1. The molecule has 2 aromatic carbocycles. The minimum Gasteiger partial charge on any atom is -0.451 e. The number of hydrogen-bond acceptors (Lipinski definition) is 3. The van der Waals surface area contributed by atoms with Gasteiger partial charge in [-0.2, -0.15) is 0 Å². The minimum atomic E-state index is -0.177. The quantitative estimate of drug-likeness (QED) is 0.590. The molecule has 1 aliphatic rings. The molecule has 4 nitrogen and oxygen atoms in total. The van der Waals surface area contributed by atoms with Crippen LogP contribution in [0.2, 0.25) is 5.02 Å². The van der Waals surface area contributed by atoms with E-state index in [0.717, 1.165) is 24.0 Å². The fraction of sp³-hybridized carbons (Fsp3) is 0.375. The first-order valence-corrected chi connectivity index (χ1v) is 10.7. The highest BCUT2D eigenvalue weighted by Gasteiger charge is 2.24. The standard InChI is InChI=1S/C24H27ClN2O2/c1-16-6-8-18(9-7-16)21(27-12-4-3-5-13-27)15-26-24(28)23-17(2)20-14-19(25)10-11-22(20)29-23/h6-11,14,21H,3-5,12-13,15H2,1-2H3,(H,26,28)/t21-/m0/s1. The molecular formula is C24H27ClN2O2. The van der Waals surface area contributed by atoms with Crippen molar-refractivity contribution in [1.29, 1.82) is 0 Å². The molecule has 1 aromatic heterocycles. The molecule has 0 unspecified atom stereocenters. The molecule has 0 bridgehead atoms. The highest BCUT2D eigenvalue weighted by Crippen LogP contribution is 2.28. The van der Waals surface area contributed by atoms with E-state index in [2.05, 4.69) is 41.4 Å². The van der Waals surface area contributed by atoms with Gasteiger partial charge in [-0.05, 0) is 63.5 Å². The Morgan fingerprint density at radius 2 is 1.83 bits per heavy atom. The highest BCUT2D eigenvalue weighted by atomic mass is 35.5. The van der Waals surface area contributed by atoms with Crippen LogP contribution < -0.4 is 5.32 Å². The van der Waals surface area contributed by atoms with Gasteiger partial charge in [-0.15, -0.1) is 0 Å². The molecule has 2 heterocycles. The van der Waals surface area contributed by atoms with Gasteiger partial charge < -0.3 is 9.73 Å². The summed E-state index contributed by atoms with van der Waals surface area (Å²) in [4.78, 5) is 15.4. The monoisotopic (exact) mass is 410 g/mol. The topological polar surface area (TPSA) is 45.5 Å². The Bertz CT molecular complexity index is 1000. The van der Waals surface area contributed by atoms with Gasteiger partial charge in [0.15, 0.2) is 5.76 Å². The summed E-state index contributed by atoms with van der Waals surface area (Å²) in [6, 6.07) is 14.2. The average Bonchev–Trinajstić information content (AvgIpc) is 3.06. The van der Waals surface area contributed by atoms with Gasteiger partial charge in [0.2, 0.25) is 0 Å². The van der Waals surface area contributed by atoms with Crippen LogP contribution in [0.5, 0.6) is 0 Å². The van der Waals surface area contributed by atoms with Crippen LogP contribution in [0.1, 0.15) is 52.5 Å². The largest absolute Gasteiger partial charge is 0.451 e. The van der Waals surface area contributed by atoms with E-state index < -0.39 is 0 Å².